The molecule has 5 nitrogen and oxygen atoms in total. The molecule has 0 aliphatic carbocycles. The van der Waals surface area contributed by atoms with E-state index in [0.29, 0.717) is 24.5 Å². The van der Waals surface area contributed by atoms with Crippen molar-refractivity contribution in [2.45, 2.75) is 12.8 Å². The first-order valence-corrected chi connectivity index (χ1v) is 10.7. The molecule has 3 aromatic rings. The monoisotopic (exact) mass is 415 g/mol. The number of likely N-dealkylation sites (tertiary alicyclic amines) is 1. The Bertz CT molecular complexity index is 1080. The van der Waals surface area contributed by atoms with Gasteiger partial charge >= 0.3 is 0 Å². The van der Waals surface area contributed by atoms with Gasteiger partial charge in [-0.15, -0.1) is 11.3 Å². The van der Waals surface area contributed by atoms with Gasteiger partial charge < -0.3 is 10.2 Å². The fraction of sp³-hybridized carbons (Fsp3) is 0.208. The Morgan fingerprint density at radius 1 is 1.10 bits per heavy atom. The second kappa shape index (κ2) is 9.38. The van der Waals surface area contributed by atoms with Crippen LogP contribution >= 0.6 is 11.3 Å². The van der Waals surface area contributed by atoms with Crippen LogP contribution in [0.2, 0.25) is 0 Å². The molecular weight excluding hydrogens is 394 g/mol. The molecule has 6 heteroatoms. The molecule has 2 aromatic heterocycles. The van der Waals surface area contributed by atoms with Crippen molar-refractivity contribution < 1.29 is 9.59 Å². The zero-order chi connectivity index (χ0) is 20.8. The smallest absolute Gasteiger partial charge is 0.263 e. The molecule has 0 unspecified atom stereocenters. The van der Waals surface area contributed by atoms with Crippen LogP contribution in [-0.2, 0) is 4.79 Å². The first-order valence-electron chi connectivity index (χ1n) is 9.86. The summed E-state index contributed by atoms with van der Waals surface area (Å²) in [5.74, 6) is 5.83. The number of piperidine rings is 1. The molecule has 1 aromatic carbocycles. The van der Waals surface area contributed by atoms with E-state index in [1.165, 1.54) is 11.3 Å². The molecule has 2 amide bonds. The zero-order valence-corrected chi connectivity index (χ0v) is 17.2. The van der Waals surface area contributed by atoms with Gasteiger partial charge in [0.05, 0.1) is 10.8 Å². The number of rotatable bonds is 3. The van der Waals surface area contributed by atoms with Crippen LogP contribution in [0.4, 0.5) is 5.69 Å². The van der Waals surface area contributed by atoms with Gasteiger partial charge in [-0.05, 0) is 60.5 Å². The molecule has 0 saturated carbocycles. The Morgan fingerprint density at radius 3 is 2.83 bits per heavy atom. The SMILES string of the molecule is O=C(Nc1cccc(C#Cc2ccccn2)c1)[C@H]1CCCN(C(=O)c2cccs2)C1. The molecule has 30 heavy (non-hydrogen) atoms. The Labute approximate surface area is 179 Å². The molecule has 150 valence electrons. The predicted octanol–water partition coefficient (Wildman–Crippen LogP) is 4.03. The summed E-state index contributed by atoms with van der Waals surface area (Å²) < 4.78 is 0. The number of amides is 2. The predicted molar refractivity (Wildman–Crippen MR) is 118 cm³/mol. The average molecular weight is 416 g/mol. The van der Waals surface area contributed by atoms with E-state index in [-0.39, 0.29) is 17.7 Å². The van der Waals surface area contributed by atoms with Crippen molar-refractivity contribution in [3.63, 3.8) is 0 Å². The van der Waals surface area contributed by atoms with E-state index >= 15 is 0 Å². The van der Waals surface area contributed by atoms with E-state index < -0.39 is 0 Å². The molecule has 0 spiro atoms. The number of nitrogens with one attached hydrogen (secondary N) is 1. The number of aromatic nitrogens is 1. The standard InChI is InChI=1S/C24H21N3O2S/c28-23(19-7-4-14-27(17-19)24(29)22-10-5-15-30-22)26-21-9-3-6-18(16-21)11-12-20-8-1-2-13-25-20/h1-3,5-6,8-10,13,15-16,19H,4,7,14,17H2,(H,26,28)/t19-/m0/s1. The molecule has 1 N–H and O–H groups in total. The number of carbonyl (C=O) groups is 2. The highest BCUT2D eigenvalue weighted by Crippen LogP contribution is 2.22. The minimum absolute atomic E-state index is 0.00860. The maximum Gasteiger partial charge on any atom is 0.263 e. The van der Waals surface area contributed by atoms with Crippen molar-refractivity contribution in [3.05, 3.63) is 82.3 Å². The number of carbonyl (C=O) groups excluding carboxylic acids is 2. The van der Waals surface area contributed by atoms with Gasteiger partial charge in [-0.3, -0.25) is 9.59 Å². The van der Waals surface area contributed by atoms with Crippen LogP contribution in [0, 0.1) is 17.8 Å². The second-order valence-electron chi connectivity index (χ2n) is 7.10. The number of thiophene rings is 1. The number of benzene rings is 1. The summed E-state index contributed by atoms with van der Waals surface area (Å²) in [7, 11) is 0. The minimum atomic E-state index is -0.217. The van der Waals surface area contributed by atoms with Gasteiger partial charge in [-0.2, -0.15) is 0 Å². The highest BCUT2D eigenvalue weighted by atomic mass is 32.1. The molecule has 1 aliphatic rings. The first kappa shape index (κ1) is 19.9. The molecule has 1 aliphatic heterocycles. The van der Waals surface area contributed by atoms with Crippen molar-refractivity contribution >= 4 is 28.8 Å². The first-order chi connectivity index (χ1) is 14.7. The Morgan fingerprint density at radius 2 is 2.03 bits per heavy atom. The number of pyridine rings is 1. The molecular formula is C24H21N3O2S. The van der Waals surface area contributed by atoms with Crippen LogP contribution in [0.3, 0.4) is 0 Å². The van der Waals surface area contributed by atoms with Gasteiger partial charge in [0, 0.05) is 30.5 Å². The maximum atomic E-state index is 12.8. The fourth-order valence-electron chi connectivity index (χ4n) is 3.42. The van der Waals surface area contributed by atoms with Crippen molar-refractivity contribution in [2.24, 2.45) is 5.92 Å². The summed E-state index contributed by atoms with van der Waals surface area (Å²) in [6.07, 6.45) is 3.31. The Hall–Kier alpha value is -3.43. The third-order valence-electron chi connectivity index (χ3n) is 4.94. The summed E-state index contributed by atoms with van der Waals surface area (Å²) in [5, 5.41) is 4.88. The summed E-state index contributed by atoms with van der Waals surface area (Å²) in [6, 6.07) is 16.8. The van der Waals surface area contributed by atoms with E-state index in [0.717, 1.165) is 23.3 Å². The van der Waals surface area contributed by atoms with Gasteiger partial charge in [0.2, 0.25) is 5.91 Å². The molecule has 1 saturated heterocycles. The van der Waals surface area contributed by atoms with Gasteiger partial charge in [0.1, 0.15) is 5.69 Å². The number of hydrogen-bond donors (Lipinski definition) is 1. The molecule has 0 radical (unpaired) electrons. The van der Waals surface area contributed by atoms with Crippen LogP contribution in [0.5, 0.6) is 0 Å². The molecule has 0 bridgehead atoms. The quantitative estimate of drug-likeness (QED) is 0.657. The summed E-state index contributed by atoms with van der Waals surface area (Å²) in [6.45, 7) is 1.14. The largest absolute Gasteiger partial charge is 0.337 e. The lowest BCUT2D eigenvalue weighted by Crippen LogP contribution is -2.43. The van der Waals surface area contributed by atoms with Crippen molar-refractivity contribution in [1.82, 2.24) is 9.88 Å². The Balaban J connectivity index is 1.40. The van der Waals surface area contributed by atoms with Gasteiger partial charge in [-0.1, -0.05) is 24.1 Å². The summed E-state index contributed by atoms with van der Waals surface area (Å²) in [4.78, 5) is 32.1. The van der Waals surface area contributed by atoms with Gasteiger partial charge in [-0.25, -0.2) is 4.98 Å². The van der Waals surface area contributed by atoms with Crippen molar-refractivity contribution in [2.75, 3.05) is 18.4 Å². The van der Waals surface area contributed by atoms with Crippen LogP contribution in [0.25, 0.3) is 0 Å². The highest BCUT2D eigenvalue weighted by molar-refractivity contribution is 7.12. The molecule has 1 atom stereocenters. The highest BCUT2D eigenvalue weighted by Gasteiger charge is 2.29. The second-order valence-corrected chi connectivity index (χ2v) is 8.05. The average Bonchev–Trinajstić information content (AvgIpc) is 3.33. The maximum absolute atomic E-state index is 12.8. The van der Waals surface area contributed by atoms with Gasteiger partial charge in [0.15, 0.2) is 0 Å². The normalized spacial score (nSPS) is 15.7. The third kappa shape index (κ3) is 4.94. The number of hydrogen-bond acceptors (Lipinski definition) is 4. The van der Waals surface area contributed by atoms with E-state index in [9.17, 15) is 9.59 Å². The van der Waals surface area contributed by atoms with Crippen LogP contribution in [0.15, 0.2) is 66.2 Å². The van der Waals surface area contributed by atoms with E-state index in [4.69, 9.17) is 0 Å². The van der Waals surface area contributed by atoms with E-state index in [2.05, 4.69) is 22.1 Å². The molecule has 3 heterocycles. The third-order valence-corrected chi connectivity index (χ3v) is 5.80. The lowest BCUT2D eigenvalue weighted by atomic mass is 9.96. The minimum Gasteiger partial charge on any atom is -0.337 e. The van der Waals surface area contributed by atoms with Crippen LogP contribution < -0.4 is 5.32 Å². The van der Waals surface area contributed by atoms with Gasteiger partial charge in [0.25, 0.3) is 5.91 Å². The van der Waals surface area contributed by atoms with E-state index in [1.807, 2.05) is 60.0 Å². The van der Waals surface area contributed by atoms with Crippen molar-refractivity contribution in [3.8, 4) is 11.8 Å². The summed E-state index contributed by atoms with van der Waals surface area (Å²) in [5.41, 5.74) is 2.20. The van der Waals surface area contributed by atoms with Crippen LogP contribution in [-0.4, -0.2) is 34.8 Å². The molecule has 1 fully saturated rings. The lowest BCUT2D eigenvalue weighted by molar-refractivity contribution is -0.121. The number of nitrogens with zero attached hydrogens (tertiary/aromatic N) is 2. The topological polar surface area (TPSA) is 62.3 Å². The Kier molecular flexibility index (Phi) is 6.21. The fourth-order valence-corrected chi connectivity index (χ4v) is 4.11. The van der Waals surface area contributed by atoms with Crippen molar-refractivity contribution in [1.29, 1.82) is 0 Å². The lowest BCUT2D eigenvalue weighted by Gasteiger charge is -2.31. The summed E-state index contributed by atoms with van der Waals surface area (Å²) >= 11 is 1.43. The van der Waals surface area contributed by atoms with E-state index in [1.54, 1.807) is 11.1 Å². The number of anilines is 1. The zero-order valence-electron chi connectivity index (χ0n) is 16.4. The van der Waals surface area contributed by atoms with Crippen LogP contribution in [0.1, 0.15) is 33.8 Å². The molecule has 4 rings (SSSR count).